The summed E-state index contributed by atoms with van der Waals surface area (Å²) in [5.41, 5.74) is 19.4. The largest absolute Gasteiger partial charge is 0.0991 e. The van der Waals surface area contributed by atoms with Crippen LogP contribution in [0.25, 0.3) is 55.7 Å². The number of rotatable bonds is 9. The van der Waals surface area contributed by atoms with Crippen molar-refractivity contribution in [2.45, 2.75) is 12.8 Å². The van der Waals surface area contributed by atoms with Gasteiger partial charge in [0.25, 0.3) is 0 Å². The summed E-state index contributed by atoms with van der Waals surface area (Å²) in [6, 6.07) is 57.5. The third kappa shape index (κ3) is 6.87. The molecule has 0 nitrogen and oxygen atoms in total. The van der Waals surface area contributed by atoms with Crippen LogP contribution in [-0.4, -0.2) is 0 Å². The fourth-order valence-corrected chi connectivity index (χ4v) is 8.80. The average molecular weight is 717 g/mol. The van der Waals surface area contributed by atoms with Crippen molar-refractivity contribution in [1.29, 1.82) is 0 Å². The molecule has 6 aromatic carbocycles. The zero-order valence-electron chi connectivity index (χ0n) is 31.6. The van der Waals surface area contributed by atoms with Crippen LogP contribution in [0.4, 0.5) is 0 Å². The summed E-state index contributed by atoms with van der Waals surface area (Å²) in [5.74, 6) is 0.433. The van der Waals surface area contributed by atoms with E-state index in [1.165, 1.54) is 83.5 Å². The van der Waals surface area contributed by atoms with Crippen molar-refractivity contribution >= 4 is 11.1 Å². The average Bonchev–Trinajstić information content (AvgIpc) is 3.28. The van der Waals surface area contributed by atoms with Gasteiger partial charge in [-0.05, 0) is 90.8 Å². The van der Waals surface area contributed by atoms with Crippen molar-refractivity contribution in [2.24, 2.45) is 11.8 Å². The minimum atomic E-state index is 0.214. The van der Waals surface area contributed by atoms with Gasteiger partial charge in [0.1, 0.15) is 0 Å². The summed E-state index contributed by atoms with van der Waals surface area (Å²) < 4.78 is 0. The quantitative estimate of drug-likeness (QED) is 0.131. The van der Waals surface area contributed by atoms with E-state index in [4.69, 9.17) is 0 Å². The van der Waals surface area contributed by atoms with E-state index in [1.807, 2.05) is 12.2 Å². The molecule has 3 aliphatic carbocycles. The molecular formula is C56H44. The van der Waals surface area contributed by atoms with Crippen LogP contribution in [0.3, 0.4) is 0 Å². The first-order valence-corrected chi connectivity index (χ1v) is 19.8. The Bertz CT molecular complexity index is 2580. The number of hydrogen-bond acceptors (Lipinski definition) is 0. The van der Waals surface area contributed by atoms with E-state index >= 15 is 0 Å². The third-order valence-corrected chi connectivity index (χ3v) is 11.5. The van der Waals surface area contributed by atoms with Crippen LogP contribution in [0, 0.1) is 11.8 Å². The molecule has 0 aromatic heterocycles. The molecule has 0 fully saturated rings. The fraction of sp³-hybridized carbons (Fsp3) is 0.0714. The summed E-state index contributed by atoms with van der Waals surface area (Å²) in [6.45, 7) is 3.96. The zero-order valence-corrected chi connectivity index (χ0v) is 31.6. The Hall–Kier alpha value is -6.76. The Balaban J connectivity index is 1.09. The predicted octanol–water partition coefficient (Wildman–Crippen LogP) is 15.0. The van der Waals surface area contributed by atoms with Crippen molar-refractivity contribution in [3.8, 4) is 44.5 Å². The molecule has 2 atom stereocenters. The lowest BCUT2D eigenvalue weighted by atomic mass is 9.63. The van der Waals surface area contributed by atoms with E-state index in [0.29, 0.717) is 0 Å². The SMILES string of the molecule is C=C/C=C\C=C(/c1ccc(-c2ccccc2)cc1)C1C2=C(C=CCC2)C(c2ccc(-c3ccccc3-c3ccc(-c4ccccc4)cc3)cc2)=C2C=CC=CC21. The summed E-state index contributed by atoms with van der Waals surface area (Å²) in [7, 11) is 0. The molecule has 0 spiro atoms. The summed E-state index contributed by atoms with van der Waals surface area (Å²) in [5, 5.41) is 0. The summed E-state index contributed by atoms with van der Waals surface area (Å²) in [6.07, 6.45) is 24.5. The smallest absolute Gasteiger partial charge is 0.0167 e. The van der Waals surface area contributed by atoms with E-state index in [0.717, 1.165) is 12.8 Å². The minimum Gasteiger partial charge on any atom is -0.0991 e. The Labute approximate surface area is 331 Å². The van der Waals surface area contributed by atoms with Gasteiger partial charge in [0, 0.05) is 11.8 Å². The highest BCUT2D eigenvalue weighted by atomic mass is 14.4. The van der Waals surface area contributed by atoms with Gasteiger partial charge in [-0.1, -0.05) is 231 Å². The Morgan fingerprint density at radius 1 is 0.518 bits per heavy atom. The highest BCUT2D eigenvalue weighted by molar-refractivity contribution is 5.93. The van der Waals surface area contributed by atoms with Gasteiger partial charge in [0.15, 0.2) is 0 Å². The van der Waals surface area contributed by atoms with Gasteiger partial charge in [-0.2, -0.15) is 0 Å². The first-order valence-electron chi connectivity index (χ1n) is 19.8. The lowest BCUT2D eigenvalue weighted by Crippen LogP contribution is -2.27. The molecule has 0 N–H and O–H groups in total. The van der Waals surface area contributed by atoms with Gasteiger partial charge in [-0.15, -0.1) is 0 Å². The molecule has 0 saturated carbocycles. The molecule has 0 radical (unpaired) electrons. The van der Waals surface area contributed by atoms with E-state index in [2.05, 4.69) is 213 Å². The van der Waals surface area contributed by atoms with Crippen LogP contribution >= 0.6 is 0 Å². The topological polar surface area (TPSA) is 0 Å². The first-order chi connectivity index (χ1) is 27.8. The van der Waals surface area contributed by atoms with Crippen molar-refractivity contribution in [3.63, 3.8) is 0 Å². The molecule has 0 amide bonds. The van der Waals surface area contributed by atoms with E-state index < -0.39 is 0 Å². The van der Waals surface area contributed by atoms with Crippen LogP contribution in [0.1, 0.15) is 24.0 Å². The van der Waals surface area contributed by atoms with Gasteiger partial charge in [0.05, 0.1) is 0 Å². The van der Waals surface area contributed by atoms with Crippen molar-refractivity contribution in [2.75, 3.05) is 0 Å². The lowest BCUT2D eigenvalue weighted by Gasteiger charge is -2.40. The van der Waals surface area contributed by atoms with Crippen molar-refractivity contribution < 1.29 is 0 Å². The molecule has 3 aliphatic rings. The molecule has 9 rings (SSSR count). The van der Waals surface area contributed by atoms with Crippen LogP contribution in [0.15, 0.2) is 242 Å². The number of hydrogen-bond donors (Lipinski definition) is 0. The fourth-order valence-electron chi connectivity index (χ4n) is 8.80. The molecule has 56 heavy (non-hydrogen) atoms. The Morgan fingerprint density at radius 2 is 1.05 bits per heavy atom. The van der Waals surface area contributed by atoms with Gasteiger partial charge < -0.3 is 0 Å². The van der Waals surface area contributed by atoms with E-state index in [9.17, 15) is 0 Å². The molecule has 0 bridgehead atoms. The number of fused-ring (bicyclic) bond motifs is 1. The Kier molecular flexibility index (Phi) is 9.94. The number of benzene rings is 6. The maximum absolute atomic E-state index is 3.96. The van der Waals surface area contributed by atoms with Gasteiger partial charge in [-0.25, -0.2) is 0 Å². The zero-order chi connectivity index (χ0) is 37.7. The van der Waals surface area contributed by atoms with Crippen LogP contribution in [-0.2, 0) is 0 Å². The molecule has 2 unspecified atom stereocenters. The third-order valence-electron chi connectivity index (χ3n) is 11.5. The van der Waals surface area contributed by atoms with Gasteiger partial charge >= 0.3 is 0 Å². The predicted molar refractivity (Wildman–Crippen MR) is 240 cm³/mol. The second kappa shape index (κ2) is 15.9. The van der Waals surface area contributed by atoms with Crippen LogP contribution in [0.2, 0.25) is 0 Å². The summed E-state index contributed by atoms with van der Waals surface area (Å²) in [4.78, 5) is 0. The molecular weight excluding hydrogens is 673 g/mol. The number of allylic oxidation sites excluding steroid dienone is 15. The Morgan fingerprint density at radius 3 is 1.66 bits per heavy atom. The first kappa shape index (κ1) is 35.0. The van der Waals surface area contributed by atoms with Gasteiger partial charge in [0.2, 0.25) is 0 Å². The van der Waals surface area contributed by atoms with Gasteiger partial charge in [-0.3, -0.25) is 0 Å². The maximum Gasteiger partial charge on any atom is 0.0167 e. The molecule has 0 heterocycles. The standard InChI is InChI=1S/C56H44/c1-2-3-6-23-50(46-34-30-43(31-35-46)41-19-9-5-10-20-41)56-53-26-15-13-24-51(53)55(52-25-14-16-27-54(52)56)47-38-36-45(37-39-47)49-22-12-11-21-48(49)44-32-28-42(29-33-44)40-17-7-4-8-18-40/h2-15,17-26,28-39,53,56H,1,16,27H2/b6-3-,50-23+. The van der Waals surface area contributed by atoms with Crippen molar-refractivity contribution in [1.82, 2.24) is 0 Å². The maximum atomic E-state index is 3.96. The highest BCUT2D eigenvalue weighted by Crippen LogP contribution is 2.53. The monoisotopic (exact) mass is 716 g/mol. The van der Waals surface area contributed by atoms with E-state index in [1.54, 1.807) is 0 Å². The highest BCUT2D eigenvalue weighted by Gasteiger charge is 2.38. The minimum absolute atomic E-state index is 0.214. The molecule has 6 aromatic rings. The normalized spacial score (nSPS) is 17.6. The van der Waals surface area contributed by atoms with Crippen LogP contribution in [0.5, 0.6) is 0 Å². The molecule has 0 saturated heterocycles. The molecule has 268 valence electrons. The second-order valence-corrected chi connectivity index (χ2v) is 14.7. The second-order valence-electron chi connectivity index (χ2n) is 14.7. The summed E-state index contributed by atoms with van der Waals surface area (Å²) >= 11 is 0. The molecule has 0 aliphatic heterocycles. The van der Waals surface area contributed by atoms with Crippen LogP contribution < -0.4 is 0 Å². The molecule has 0 heteroatoms. The lowest BCUT2D eigenvalue weighted by molar-refractivity contribution is 0.593. The van der Waals surface area contributed by atoms with E-state index in [-0.39, 0.29) is 11.8 Å². The van der Waals surface area contributed by atoms with Crippen molar-refractivity contribution in [3.05, 3.63) is 253 Å².